The topological polar surface area (TPSA) is 78.0 Å². The molecule has 7 heteroatoms. The number of ketones is 1. The monoisotopic (exact) mass is 279 g/mol. The highest BCUT2D eigenvalue weighted by Crippen LogP contribution is 2.15. The van der Waals surface area contributed by atoms with Crippen molar-refractivity contribution in [2.75, 3.05) is 0 Å². The highest BCUT2D eigenvalue weighted by Gasteiger charge is 2.17. The van der Waals surface area contributed by atoms with Crippen LogP contribution in [-0.2, 0) is 12.9 Å². The van der Waals surface area contributed by atoms with Crippen LogP contribution in [0.25, 0.3) is 0 Å². The summed E-state index contributed by atoms with van der Waals surface area (Å²) < 4.78 is 1.61. The number of imidazole rings is 1. The fourth-order valence-electron chi connectivity index (χ4n) is 1.64. The molecule has 0 spiro atoms. The third kappa shape index (κ3) is 2.48. The molecule has 1 aromatic heterocycles. The molecule has 2 rings (SSSR count). The molecule has 0 bridgehead atoms. The number of carbonyl (C=O) groups excluding carboxylic acids is 1. The molecule has 0 amide bonds. The van der Waals surface area contributed by atoms with E-state index in [9.17, 15) is 14.9 Å². The smallest absolute Gasteiger partial charge is 0.269 e. The van der Waals surface area contributed by atoms with Gasteiger partial charge in [0.05, 0.1) is 22.7 Å². The van der Waals surface area contributed by atoms with E-state index < -0.39 is 4.92 Å². The number of alkyl halides is 1. The maximum Gasteiger partial charge on any atom is 0.269 e. The molecule has 0 aliphatic heterocycles. The van der Waals surface area contributed by atoms with Crippen molar-refractivity contribution < 1.29 is 9.72 Å². The third-order valence-electron chi connectivity index (χ3n) is 2.76. The number of non-ortho nitro benzene ring substituents is 1. The molecule has 98 valence electrons. The summed E-state index contributed by atoms with van der Waals surface area (Å²) in [5, 5.41) is 10.5. The minimum absolute atomic E-state index is 0.0576. The number of rotatable bonds is 4. The van der Waals surface area contributed by atoms with Crippen LogP contribution in [-0.4, -0.2) is 20.3 Å². The van der Waals surface area contributed by atoms with Crippen molar-refractivity contribution in [3.63, 3.8) is 0 Å². The lowest BCUT2D eigenvalue weighted by molar-refractivity contribution is -0.384. The van der Waals surface area contributed by atoms with E-state index in [-0.39, 0.29) is 23.2 Å². The largest absolute Gasteiger partial charge is 0.327 e. The molecule has 6 nitrogen and oxygen atoms in total. The molecule has 1 heterocycles. The number of benzene rings is 1. The summed E-state index contributed by atoms with van der Waals surface area (Å²) in [6, 6.07) is 5.41. The van der Waals surface area contributed by atoms with E-state index in [4.69, 9.17) is 11.6 Å². The van der Waals surface area contributed by atoms with Crippen molar-refractivity contribution in [3.05, 3.63) is 57.7 Å². The molecule has 0 saturated heterocycles. The van der Waals surface area contributed by atoms with Crippen molar-refractivity contribution in [2.45, 2.75) is 5.88 Å². The van der Waals surface area contributed by atoms with Crippen LogP contribution >= 0.6 is 11.6 Å². The van der Waals surface area contributed by atoms with Gasteiger partial charge in [-0.25, -0.2) is 4.98 Å². The van der Waals surface area contributed by atoms with Crippen LogP contribution in [0.2, 0.25) is 0 Å². The Bertz CT molecular complexity index is 634. The SMILES string of the molecule is Cn1c(CCl)cnc1C(=O)c1ccc([N+](=O)[O-])cc1. The maximum absolute atomic E-state index is 12.2. The number of halogens is 1. The van der Waals surface area contributed by atoms with Crippen LogP contribution < -0.4 is 0 Å². The highest BCUT2D eigenvalue weighted by atomic mass is 35.5. The van der Waals surface area contributed by atoms with E-state index in [2.05, 4.69) is 4.98 Å². The lowest BCUT2D eigenvalue weighted by Crippen LogP contribution is -2.10. The first-order valence-corrected chi connectivity index (χ1v) is 5.93. The van der Waals surface area contributed by atoms with Gasteiger partial charge in [0.1, 0.15) is 0 Å². The van der Waals surface area contributed by atoms with Crippen LogP contribution in [0.15, 0.2) is 30.5 Å². The van der Waals surface area contributed by atoms with Crippen LogP contribution in [0.3, 0.4) is 0 Å². The van der Waals surface area contributed by atoms with Crippen LogP contribution in [0, 0.1) is 10.1 Å². The quantitative estimate of drug-likeness (QED) is 0.372. The highest BCUT2D eigenvalue weighted by molar-refractivity contribution is 6.17. The third-order valence-corrected chi connectivity index (χ3v) is 3.04. The fourth-order valence-corrected chi connectivity index (χ4v) is 1.89. The van der Waals surface area contributed by atoms with Crippen molar-refractivity contribution in [3.8, 4) is 0 Å². The molecule has 0 atom stereocenters. The van der Waals surface area contributed by atoms with Crippen molar-refractivity contribution >= 4 is 23.1 Å². The number of nitrogens with zero attached hydrogens (tertiary/aromatic N) is 3. The summed E-state index contributed by atoms with van der Waals surface area (Å²) in [6.45, 7) is 0. The van der Waals surface area contributed by atoms with Crippen molar-refractivity contribution in [1.82, 2.24) is 9.55 Å². The number of hydrogen-bond acceptors (Lipinski definition) is 4. The first-order chi connectivity index (χ1) is 9.04. The van der Waals surface area contributed by atoms with Crippen LogP contribution in [0.5, 0.6) is 0 Å². The van der Waals surface area contributed by atoms with E-state index in [1.165, 1.54) is 30.5 Å². The van der Waals surface area contributed by atoms with E-state index >= 15 is 0 Å². The lowest BCUT2D eigenvalue weighted by atomic mass is 10.1. The molecule has 1 aromatic carbocycles. The van der Waals surface area contributed by atoms with Crippen LogP contribution in [0.4, 0.5) is 5.69 Å². The molecule has 0 saturated carbocycles. The number of nitro groups is 1. The Hall–Kier alpha value is -2.21. The second-order valence-corrected chi connectivity index (χ2v) is 4.17. The fraction of sp³-hybridized carbons (Fsp3) is 0.167. The molecule has 19 heavy (non-hydrogen) atoms. The summed E-state index contributed by atoms with van der Waals surface area (Å²) >= 11 is 5.70. The van der Waals surface area contributed by atoms with Gasteiger partial charge >= 0.3 is 0 Å². The average molecular weight is 280 g/mol. The molecule has 0 unspecified atom stereocenters. The molecular weight excluding hydrogens is 270 g/mol. The Morgan fingerprint density at radius 1 is 1.42 bits per heavy atom. The van der Waals surface area contributed by atoms with E-state index in [1.807, 2.05) is 0 Å². The number of nitro benzene ring substituents is 1. The average Bonchev–Trinajstić information content (AvgIpc) is 2.79. The molecule has 0 radical (unpaired) electrons. The molecule has 0 N–H and O–H groups in total. The lowest BCUT2D eigenvalue weighted by Gasteiger charge is -2.03. The number of carbonyl (C=O) groups is 1. The van der Waals surface area contributed by atoms with Gasteiger partial charge in [-0.1, -0.05) is 0 Å². The zero-order valence-corrected chi connectivity index (χ0v) is 10.8. The summed E-state index contributed by atoms with van der Waals surface area (Å²) in [4.78, 5) is 26.2. The molecule has 0 fully saturated rings. The summed E-state index contributed by atoms with van der Waals surface area (Å²) in [6.07, 6.45) is 1.53. The van der Waals surface area contributed by atoms with Gasteiger partial charge in [0.15, 0.2) is 5.82 Å². The maximum atomic E-state index is 12.2. The second kappa shape index (κ2) is 5.19. The van der Waals surface area contributed by atoms with Crippen LogP contribution in [0.1, 0.15) is 21.9 Å². The summed E-state index contributed by atoms with van der Waals surface area (Å²) in [5.41, 5.74) is 1.02. The Labute approximate surface area is 113 Å². The van der Waals surface area contributed by atoms with Crippen molar-refractivity contribution in [2.24, 2.45) is 7.05 Å². The molecular formula is C12H10ClN3O3. The zero-order chi connectivity index (χ0) is 14.0. The first kappa shape index (κ1) is 13.2. The molecule has 0 aliphatic carbocycles. The van der Waals surface area contributed by atoms with E-state index in [0.29, 0.717) is 5.56 Å². The number of hydrogen-bond donors (Lipinski definition) is 0. The van der Waals surface area contributed by atoms with Gasteiger partial charge in [-0.2, -0.15) is 0 Å². The minimum atomic E-state index is -0.513. The molecule has 2 aromatic rings. The van der Waals surface area contributed by atoms with Gasteiger partial charge in [0.25, 0.3) is 5.69 Å². The van der Waals surface area contributed by atoms with Gasteiger partial charge in [-0.3, -0.25) is 14.9 Å². The van der Waals surface area contributed by atoms with Crippen molar-refractivity contribution in [1.29, 1.82) is 0 Å². The predicted octanol–water partition coefficient (Wildman–Crippen LogP) is 2.30. The Morgan fingerprint density at radius 3 is 2.53 bits per heavy atom. The number of aromatic nitrogens is 2. The molecule has 0 aliphatic rings. The van der Waals surface area contributed by atoms with Gasteiger partial charge in [-0.15, -0.1) is 11.6 Å². The Kier molecular flexibility index (Phi) is 3.62. The first-order valence-electron chi connectivity index (χ1n) is 5.40. The summed E-state index contributed by atoms with van der Waals surface area (Å²) in [5.74, 6) is 0.218. The normalized spacial score (nSPS) is 10.4. The zero-order valence-electron chi connectivity index (χ0n) is 10.0. The van der Waals surface area contributed by atoms with Gasteiger partial charge in [-0.05, 0) is 12.1 Å². The Morgan fingerprint density at radius 2 is 2.05 bits per heavy atom. The van der Waals surface area contributed by atoms with Gasteiger partial charge in [0.2, 0.25) is 5.78 Å². The van der Waals surface area contributed by atoms with E-state index in [1.54, 1.807) is 11.6 Å². The van der Waals surface area contributed by atoms with Gasteiger partial charge in [0, 0.05) is 24.7 Å². The Balaban J connectivity index is 2.33. The minimum Gasteiger partial charge on any atom is -0.327 e. The second-order valence-electron chi connectivity index (χ2n) is 3.90. The standard InChI is InChI=1S/C12H10ClN3O3/c1-15-10(6-13)7-14-12(15)11(17)8-2-4-9(5-3-8)16(18)19/h2-5,7H,6H2,1H3. The summed E-state index contributed by atoms with van der Waals surface area (Å²) in [7, 11) is 1.70. The van der Waals surface area contributed by atoms with E-state index in [0.717, 1.165) is 5.69 Å². The predicted molar refractivity (Wildman–Crippen MR) is 69.3 cm³/mol. The van der Waals surface area contributed by atoms with Gasteiger partial charge < -0.3 is 4.57 Å².